The van der Waals surface area contributed by atoms with E-state index in [1.165, 1.54) is 24.1 Å². The van der Waals surface area contributed by atoms with Gasteiger partial charge in [-0.2, -0.15) is 0 Å². The van der Waals surface area contributed by atoms with Crippen molar-refractivity contribution in [2.24, 2.45) is 11.3 Å². The molecule has 1 aromatic carbocycles. The Labute approximate surface area is 120 Å². The lowest BCUT2D eigenvalue weighted by atomic mass is 9.91. The highest BCUT2D eigenvalue weighted by Crippen LogP contribution is 2.59. The molecular formula is C17H22N2O. The topological polar surface area (TPSA) is 32.3 Å². The van der Waals surface area contributed by atoms with E-state index in [1.54, 1.807) is 0 Å². The molecular weight excluding hydrogens is 248 g/mol. The first-order chi connectivity index (χ1) is 9.80. The number of hydrogen-bond acceptors (Lipinski definition) is 2. The fraction of sp³-hybridized carbons (Fsp3) is 0.588. The van der Waals surface area contributed by atoms with E-state index in [0.717, 1.165) is 38.9 Å². The molecule has 4 rings (SSSR count). The summed E-state index contributed by atoms with van der Waals surface area (Å²) in [4.78, 5) is 15.0. The van der Waals surface area contributed by atoms with Crippen LogP contribution in [0.4, 0.5) is 5.69 Å². The van der Waals surface area contributed by atoms with Gasteiger partial charge in [0.1, 0.15) is 0 Å². The maximum Gasteiger partial charge on any atom is 0.230 e. The first kappa shape index (κ1) is 12.4. The van der Waals surface area contributed by atoms with Crippen LogP contribution < -0.4 is 10.2 Å². The summed E-state index contributed by atoms with van der Waals surface area (Å²) in [7, 11) is 0. The quantitative estimate of drug-likeness (QED) is 0.849. The lowest BCUT2D eigenvalue weighted by molar-refractivity contribution is -0.120. The van der Waals surface area contributed by atoms with Gasteiger partial charge >= 0.3 is 0 Å². The Morgan fingerprint density at radius 3 is 2.90 bits per heavy atom. The van der Waals surface area contributed by atoms with Gasteiger partial charge in [0.05, 0.1) is 0 Å². The van der Waals surface area contributed by atoms with Gasteiger partial charge in [0, 0.05) is 18.2 Å². The second-order valence-electron chi connectivity index (χ2n) is 6.59. The molecule has 1 saturated carbocycles. The van der Waals surface area contributed by atoms with Crippen LogP contribution in [0.3, 0.4) is 0 Å². The Bertz CT molecular complexity index is 534. The molecule has 1 spiro atoms. The molecule has 1 atom stereocenters. The van der Waals surface area contributed by atoms with E-state index in [2.05, 4.69) is 34.5 Å². The van der Waals surface area contributed by atoms with Gasteiger partial charge in [-0.05, 0) is 62.2 Å². The molecule has 1 amide bonds. The number of nitrogens with one attached hydrogen (secondary N) is 1. The highest BCUT2D eigenvalue weighted by molar-refractivity contribution is 5.98. The van der Waals surface area contributed by atoms with Gasteiger partial charge in [0.25, 0.3) is 0 Å². The molecule has 0 bridgehead atoms. The number of hydrogen-bond donors (Lipinski definition) is 1. The van der Waals surface area contributed by atoms with Gasteiger partial charge in [-0.1, -0.05) is 18.2 Å². The molecule has 106 valence electrons. The Morgan fingerprint density at radius 2 is 2.05 bits per heavy atom. The molecule has 0 radical (unpaired) electrons. The summed E-state index contributed by atoms with van der Waals surface area (Å²) in [6.45, 7) is 3.07. The van der Waals surface area contributed by atoms with Gasteiger partial charge in [0.2, 0.25) is 5.91 Å². The monoisotopic (exact) mass is 270 g/mol. The maximum atomic E-state index is 12.9. The van der Waals surface area contributed by atoms with E-state index in [0.29, 0.717) is 11.3 Å². The normalized spacial score (nSPS) is 27.2. The highest BCUT2D eigenvalue weighted by atomic mass is 16.2. The molecule has 1 aliphatic carbocycles. The third-order valence-corrected chi connectivity index (χ3v) is 5.46. The van der Waals surface area contributed by atoms with Gasteiger partial charge in [0.15, 0.2) is 0 Å². The number of piperidine rings is 1. The molecule has 1 saturated heterocycles. The van der Waals surface area contributed by atoms with Gasteiger partial charge < -0.3 is 10.2 Å². The number of amides is 1. The highest BCUT2D eigenvalue weighted by Gasteiger charge is 2.58. The number of nitrogens with zero attached hydrogens (tertiary/aromatic N) is 1. The average Bonchev–Trinajstić information content (AvgIpc) is 3.20. The molecule has 0 aromatic heterocycles. The number of aryl methyl sites for hydroxylation is 1. The van der Waals surface area contributed by atoms with E-state index < -0.39 is 0 Å². The first-order valence-corrected chi connectivity index (χ1v) is 7.90. The van der Waals surface area contributed by atoms with Crippen LogP contribution in [0.15, 0.2) is 24.3 Å². The van der Waals surface area contributed by atoms with Gasteiger partial charge in [-0.15, -0.1) is 0 Å². The predicted octanol–water partition coefficient (Wildman–Crippen LogP) is 2.36. The fourth-order valence-electron chi connectivity index (χ4n) is 4.12. The van der Waals surface area contributed by atoms with Crippen molar-refractivity contribution >= 4 is 11.6 Å². The van der Waals surface area contributed by atoms with Crippen molar-refractivity contribution in [3.8, 4) is 0 Å². The molecule has 1 aromatic rings. The minimum absolute atomic E-state index is 0.288. The van der Waals surface area contributed by atoms with Crippen LogP contribution in [0.2, 0.25) is 0 Å². The van der Waals surface area contributed by atoms with E-state index in [-0.39, 0.29) is 5.92 Å². The Kier molecular flexibility index (Phi) is 2.84. The first-order valence-electron chi connectivity index (χ1n) is 7.90. The van der Waals surface area contributed by atoms with Crippen LogP contribution in [0.5, 0.6) is 0 Å². The number of para-hydroxylation sites is 1. The van der Waals surface area contributed by atoms with Gasteiger partial charge in [-0.3, -0.25) is 4.79 Å². The zero-order chi connectivity index (χ0) is 13.6. The Morgan fingerprint density at radius 1 is 1.25 bits per heavy atom. The second kappa shape index (κ2) is 4.59. The third kappa shape index (κ3) is 1.87. The standard InChI is InChI=1S/C17H22N2O/c20-16(14-12-17(14)7-9-18-10-8-17)19-11-3-5-13-4-1-2-6-15(13)19/h1-2,4,6,14,18H,3,5,7-12H2. The zero-order valence-electron chi connectivity index (χ0n) is 11.9. The maximum absolute atomic E-state index is 12.9. The number of anilines is 1. The van der Waals surface area contributed by atoms with E-state index in [4.69, 9.17) is 0 Å². The number of carbonyl (C=O) groups excluding carboxylic acids is 1. The number of benzene rings is 1. The van der Waals surface area contributed by atoms with Crippen molar-refractivity contribution in [1.82, 2.24) is 5.32 Å². The average molecular weight is 270 g/mol. The predicted molar refractivity (Wildman–Crippen MR) is 79.8 cm³/mol. The smallest absolute Gasteiger partial charge is 0.230 e. The number of fused-ring (bicyclic) bond motifs is 1. The van der Waals surface area contributed by atoms with E-state index >= 15 is 0 Å². The van der Waals surface area contributed by atoms with Crippen LogP contribution >= 0.6 is 0 Å². The summed E-state index contributed by atoms with van der Waals surface area (Å²) >= 11 is 0. The summed E-state index contributed by atoms with van der Waals surface area (Å²) in [6.07, 6.45) is 5.69. The van der Waals surface area contributed by atoms with Crippen molar-refractivity contribution in [1.29, 1.82) is 0 Å². The molecule has 1 unspecified atom stereocenters. The molecule has 2 aliphatic heterocycles. The molecule has 20 heavy (non-hydrogen) atoms. The Balaban J connectivity index is 1.56. The van der Waals surface area contributed by atoms with Crippen LogP contribution in [0.1, 0.15) is 31.2 Å². The van der Waals surface area contributed by atoms with Crippen molar-refractivity contribution in [2.45, 2.75) is 32.1 Å². The van der Waals surface area contributed by atoms with Crippen LogP contribution in [0, 0.1) is 11.3 Å². The van der Waals surface area contributed by atoms with Crippen LogP contribution in [0.25, 0.3) is 0 Å². The van der Waals surface area contributed by atoms with Crippen molar-refractivity contribution in [3.05, 3.63) is 29.8 Å². The summed E-state index contributed by atoms with van der Waals surface area (Å²) in [6, 6.07) is 8.42. The summed E-state index contributed by atoms with van der Waals surface area (Å²) in [5, 5.41) is 3.41. The molecule has 1 N–H and O–H groups in total. The summed E-state index contributed by atoms with van der Waals surface area (Å²) in [5.74, 6) is 0.676. The van der Waals surface area contributed by atoms with Crippen molar-refractivity contribution < 1.29 is 4.79 Å². The largest absolute Gasteiger partial charge is 0.317 e. The van der Waals surface area contributed by atoms with E-state index in [9.17, 15) is 4.79 Å². The minimum Gasteiger partial charge on any atom is -0.317 e. The lowest BCUT2D eigenvalue weighted by Crippen LogP contribution is -2.39. The van der Waals surface area contributed by atoms with E-state index in [1.807, 2.05) is 0 Å². The SMILES string of the molecule is O=C(C1CC12CCNCC2)N1CCCc2ccccc21. The molecule has 2 fully saturated rings. The molecule has 3 nitrogen and oxygen atoms in total. The summed E-state index contributed by atoms with van der Waals surface area (Å²) < 4.78 is 0. The molecule has 3 aliphatic rings. The summed E-state index contributed by atoms with van der Waals surface area (Å²) in [5.41, 5.74) is 2.85. The fourth-order valence-corrected chi connectivity index (χ4v) is 4.12. The molecule has 3 heteroatoms. The second-order valence-corrected chi connectivity index (χ2v) is 6.59. The zero-order valence-corrected chi connectivity index (χ0v) is 11.9. The van der Waals surface area contributed by atoms with Crippen molar-refractivity contribution in [2.75, 3.05) is 24.5 Å². The number of carbonyl (C=O) groups is 1. The third-order valence-electron chi connectivity index (χ3n) is 5.46. The minimum atomic E-state index is 0.288. The number of rotatable bonds is 1. The Hall–Kier alpha value is -1.35. The van der Waals surface area contributed by atoms with Crippen molar-refractivity contribution in [3.63, 3.8) is 0 Å². The molecule has 2 heterocycles. The lowest BCUT2D eigenvalue weighted by Gasteiger charge is -2.31. The van der Waals surface area contributed by atoms with Crippen LogP contribution in [-0.2, 0) is 11.2 Å². The van der Waals surface area contributed by atoms with Gasteiger partial charge in [-0.25, -0.2) is 0 Å². The van der Waals surface area contributed by atoms with Crippen LogP contribution in [-0.4, -0.2) is 25.5 Å².